The van der Waals surface area contributed by atoms with Gasteiger partial charge in [0, 0.05) is 19.9 Å². The molecule has 1 fully saturated rings. The molecule has 1 rings (SSSR count). The molecule has 1 saturated heterocycles. The Bertz CT molecular complexity index is 305. The average molecular weight is 257 g/mol. The van der Waals surface area contributed by atoms with Crippen molar-refractivity contribution in [3.63, 3.8) is 0 Å². The molecule has 1 aliphatic rings. The molecule has 0 bridgehead atoms. The smallest absolute Gasteiger partial charge is 0.242 e. The minimum atomic E-state index is -0.571. The van der Waals surface area contributed by atoms with E-state index in [2.05, 4.69) is 29.8 Å². The van der Waals surface area contributed by atoms with Gasteiger partial charge >= 0.3 is 0 Å². The predicted molar refractivity (Wildman–Crippen MR) is 68.8 cm³/mol. The SMILES string of the molecule is CC(=O)N[C@@H](C)C(=O)N[C@@H]1CNC(=O)C1.CCC. The minimum Gasteiger partial charge on any atom is -0.354 e. The normalized spacial score (nSPS) is 19.1. The van der Waals surface area contributed by atoms with Gasteiger partial charge in [0.2, 0.25) is 17.7 Å². The highest BCUT2D eigenvalue weighted by atomic mass is 16.2. The first-order valence-electron chi connectivity index (χ1n) is 6.24. The lowest BCUT2D eigenvalue weighted by Crippen LogP contribution is -2.48. The fraction of sp³-hybridized carbons (Fsp3) is 0.750. The molecule has 1 heterocycles. The third kappa shape index (κ3) is 6.88. The third-order valence-electron chi connectivity index (χ3n) is 2.14. The molecule has 0 aromatic heterocycles. The zero-order valence-electron chi connectivity index (χ0n) is 11.5. The van der Waals surface area contributed by atoms with Crippen molar-refractivity contribution in [1.29, 1.82) is 0 Å². The number of amides is 3. The molecule has 1 aliphatic heterocycles. The lowest BCUT2D eigenvalue weighted by molar-refractivity contribution is -0.128. The van der Waals surface area contributed by atoms with E-state index in [9.17, 15) is 14.4 Å². The molecule has 3 amide bonds. The van der Waals surface area contributed by atoms with E-state index in [4.69, 9.17) is 0 Å². The molecule has 0 aromatic carbocycles. The van der Waals surface area contributed by atoms with E-state index >= 15 is 0 Å². The fourth-order valence-electron chi connectivity index (χ4n) is 1.40. The molecule has 0 unspecified atom stereocenters. The maximum Gasteiger partial charge on any atom is 0.242 e. The van der Waals surface area contributed by atoms with Crippen LogP contribution in [0.4, 0.5) is 0 Å². The number of carbonyl (C=O) groups excluding carboxylic acids is 3. The molecule has 0 spiro atoms. The van der Waals surface area contributed by atoms with Gasteiger partial charge in [-0.3, -0.25) is 14.4 Å². The summed E-state index contributed by atoms with van der Waals surface area (Å²) in [5.41, 5.74) is 0. The highest BCUT2D eigenvalue weighted by molar-refractivity contribution is 5.87. The standard InChI is InChI=1S/C9H15N3O3.C3H8/c1-5(11-6(2)13)9(15)12-7-3-8(14)10-4-7;1-3-2/h5,7H,3-4H2,1-2H3,(H,10,14)(H,11,13)(H,12,15);3H2,1-2H3/t5-,7-;/m0./s1. The van der Waals surface area contributed by atoms with Gasteiger partial charge in [0.05, 0.1) is 6.04 Å². The molecule has 0 radical (unpaired) electrons. The van der Waals surface area contributed by atoms with Crippen LogP contribution in [0.5, 0.6) is 0 Å². The van der Waals surface area contributed by atoms with Crippen molar-refractivity contribution >= 4 is 17.7 Å². The lowest BCUT2D eigenvalue weighted by atomic mass is 10.2. The summed E-state index contributed by atoms with van der Waals surface area (Å²) in [6.45, 7) is 7.66. The Hall–Kier alpha value is -1.59. The van der Waals surface area contributed by atoms with Crippen LogP contribution in [0.3, 0.4) is 0 Å². The molecular weight excluding hydrogens is 234 g/mol. The Morgan fingerprint density at radius 1 is 1.44 bits per heavy atom. The molecule has 6 nitrogen and oxygen atoms in total. The predicted octanol–water partition coefficient (Wildman–Crippen LogP) is -0.0680. The van der Waals surface area contributed by atoms with E-state index in [0.29, 0.717) is 13.0 Å². The largest absolute Gasteiger partial charge is 0.354 e. The molecule has 0 saturated carbocycles. The Labute approximate surface area is 108 Å². The van der Waals surface area contributed by atoms with Crippen molar-refractivity contribution < 1.29 is 14.4 Å². The maximum absolute atomic E-state index is 11.5. The molecule has 18 heavy (non-hydrogen) atoms. The Morgan fingerprint density at radius 3 is 2.39 bits per heavy atom. The van der Waals surface area contributed by atoms with Gasteiger partial charge in [0.15, 0.2) is 0 Å². The van der Waals surface area contributed by atoms with Gasteiger partial charge in [-0.1, -0.05) is 20.3 Å². The second kappa shape index (κ2) is 8.49. The van der Waals surface area contributed by atoms with Gasteiger partial charge in [-0.05, 0) is 6.92 Å². The van der Waals surface area contributed by atoms with Crippen molar-refractivity contribution in [3.05, 3.63) is 0 Å². The second-order valence-electron chi connectivity index (χ2n) is 4.34. The summed E-state index contributed by atoms with van der Waals surface area (Å²) in [5, 5.41) is 7.76. The van der Waals surface area contributed by atoms with Crippen LogP contribution >= 0.6 is 0 Å². The summed E-state index contributed by atoms with van der Waals surface area (Å²) in [7, 11) is 0. The first-order valence-corrected chi connectivity index (χ1v) is 6.24. The minimum absolute atomic E-state index is 0.0625. The number of hydrogen-bond acceptors (Lipinski definition) is 3. The highest BCUT2D eigenvalue weighted by Gasteiger charge is 2.24. The first-order chi connectivity index (χ1) is 8.40. The summed E-state index contributed by atoms with van der Waals surface area (Å²) in [6, 6.07) is -0.737. The third-order valence-corrected chi connectivity index (χ3v) is 2.14. The van der Waals surface area contributed by atoms with Crippen LogP contribution in [-0.2, 0) is 14.4 Å². The van der Waals surface area contributed by atoms with Crippen molar-refractivity contribution in [3.8, 4) is 0 Å². The quantitative estimate of drug-likeness (QED) is 0.661. The van der Waals surface area contributed by atoms with Crippen molar-refractivity contribution in [2.45, 2.75) is 52.6 Å². The number of rotatable bonds is 3. The summed E-state index contributed by atoms with van der Waals surface area (Å²) in [6.07, 6.45) is 1.55. The van der Waals surface area contributed by atoms with E-state index in [0.717, 1.165) is 0 Å². The van der Waals surface area contributed by atoms with E-state index in [-0.39, 0.29) is 23.8 Å². The zero-order chi connectivity index (χ0) is 14.1. The van der Waals surface area contributed by atoms with Gasteiger partial charge in [-0.15, -0.1) is 0 Å². The average Bonchev–Trinajstić information content (AvgIpc) is 2.64. The molecular formula is C12H23N3O3. The molecule has 3 N–H and O–H groups in total. The van der Waals surface area contributed by atoms with Crippen LogP contribution in [0.25, 0.3) is 0 Å². The van der Waals surface area contributed by atoms with E-state index in [1.54, 1.807) is 6.92 Å². The fourth-order valence-corrected chi connectivity index (χ4v) is 1.40. The number of carbonyl (C=O) groups is 3. The Morgan fingerprint density at radius 2 is 2.00 bits per heavy atom. The molecule has 0 aromatic rings. The van der Waals surface area contributed by atoms with Crippen LogP contribution < -0.4 is 16.0 Å². The van der Waals surface area contributed by atoms with Crippen LogP contribution in [-0.4, -0.2) is 36.3 Å². The molecule has 2 atom stereocenters. The van der Waals surface area contributed by atoms with Crippen molar-refractivity contribution in [2.75, 3.05) is 6.54 Å². The topological polar surface area (TPSA) is 87.3 Å². The van der Waals surface area contributed by atoms with Gasteiger partial charge in [-0.25, -0.2) is 0 Å². The van der Waals surface area contributed by atoms with Crippen molar-refractivity contribution in [1.82, 2.24) is 16.0 Å². The summed E-state index contributed by atoms with van der Waals surface area (Å²) in [4.78, 5) is 33.0. The van der Waals surface area contributed by atoms with Gasteiger partial charge in [0.1, 0.15) is 6.04 Å². The summed E-state index contributed by atoms with van der Waals surface area (Å²) >= 11 is 0. The Kier molecular flexibility index (Phi) is 7.74. The van der Waals surface area contributed by atoms with Crippen molar-refractivity contribution in [2.24, 2.45) is 0 Å². The second-order valence-corrected chi connectivity index (χ2v) is 4.34. The van der Waals surface area contributed by atoms with Crippen LogP contribution in [0.2, 0.25) is 0 Å². The monoisotopic (exact) mass is 257 g/mol. The Balaban J connectivity index is 0.000000873. The zero-order valence-corrected chi connectivity index (χ0v) is 11.5. The van der Waals surface area contributed by atoms with Crippen LogP contribution in [0.1, 0.15) is 40.5 Å². The van der Waals surface area contributed by atoms with Crippen LogP contribution in [0, 0.1) is 0 Å². The summed E-state index contributed by atoms with van der Waals surface area (Å²) < 4.78 is 0. The van der Waals surface area contributed by atoms with Crippen LogP contribution in [0.15, 0.2) is 0 Å². The van der Waals surface area contributed by atoms with E-state index in [1.807, 2.05) is 0 Å². The first kappa shape index (κ1) is 16.4. The summed E-state index contributed by atoms with van der Waals surface area (Å²) in [5.74, 6) is -0.586. The number of hydrogen-bond donors (Lipinski definition) is 3. The van der Waals surface area contributed by atoms with Gasteiger partial charge in [0.25, 0.3) is 0 Å². The van der Waals surface area contributed by atoms with Gasteiger partial charge < -0.3 is 16.0 Å². The lowest BCUT2D eigenvalue weighted by Gasteiger charge is -2.15. The van der Waals surface area contributed by atoms with E-state index in [1.165, 1.54) is 13.3 Å². The molecule has 6 heteroatoms. The molecule has 0 aliphatic carbocycles. The highest BCUT2D eigenvalue weighted by Crippen LogP contribution is 1.99. The molecule has 104 valence electrons. The number of nitrogens with one attached hydrogen (secondary N) is 3. The van der Waals surface area contributed by atoms with Gasteiger partial charge in [-0.2, -0.15) is 0 Å². The maximum atomic E-state index is 11.5. The van der Waals surface area contributed by atoms with E-state index < -0.39 is 6.04 Å².